The zero-order valence-electron chi connectivity index (χ0n) is 19.9. The van der Waals surface area contributed by atoms with Crippen molar-refractivity contribution in [1.82, 2.24) is 14.5 Å². The SMILES string of the molecule is COc1ccc(C(=O)CSc2nc3c([nH]c4ccccc43)c(=O)n2-c2ccc(OC)c(OC)c2)cc1. The zero-order chi connectivity index (χ0) is 25.2. The number of aromatic nitrogens is 3. The van der Waals surface area contributed by atoms with Crippen LogP contribution in [0.25, 0.3) is 27.6 Å². The number of rotatable bonds is 8. The van der Waals surface area contributed by atoms with E-state index in [2.05, 4.69) is 4.98 Å². The molecule has 0 aliphatic carbocycles. The van der Waals surface area contributed by atoms with Crippen molar-refractivity contribution in [2.75, 3.05) is 27.1 Å². The number of H-pyrrole nitrogens is 1. The molecule has 0 saturated carbocycles. The molecule has 0 saturated heterocycles. The van der Waals surface area contributed by atoms with Gasteiger partial charge in [-0.15, -0.1) is 0 Å². The van der Waals surface area contributed by atoms with Crippen LogP contribution in [0.15, 0.2) is 76.7 Å². The van der Waals surface area contributed by atoms with Gasteiger partial charge in [-0.25, -0.2) is 4.98 Å². The van der Waals surface area contributed by atoms with E-state index < -0.39 is 0 Å². The van der Waals surface area contributed by atoms with E-state index in [0.717, 1.165) is 10.9 Å². The number of carbonyl (C=O) groups is 1. The fourth-order valence-electron chi connectivity index (χ4n) is 4.02. The second kappa shape index (κ2) is 9.79. The summed E-state index contributed by atoms with van der Waals surface area (Å²) < 4.78 is 17.5. The Balaban J connectivity index is 1.62. The standard InChI is InChI=1S/C27H23N3O5S/c1-33-18-11-8-16(9-12-18)21(31)15-36-27-29-24-19-6-4-5-7-20(19)28-25(24)26(32)30(27)17-10-13-22(34-2)23(14-17)35-3/h4-14,28H,15H2,1-3H3. The quantitative estimate of drug-likeness (QED) is 0.184. The molecule has 5 rings (SSSR count). The number of para-hydroxylation sites is 1. The van der Waals surface area contributed by atoms with Crippen LogP contribution in [0.1, 0.15) is 10.4 Å². The molecule has 182 valence electrons. The van der Waals surface area contributed by atoms with Gasteiger partial charge in [0.2, 0.25) is 0 Å². The fourth-order valence-corrected chi connectivity index (χ4v) is 4.92. The first-order valence-corrected chi connectivity index (χ1v) is 12.1. The lowest BCUT2D eigenvalue weighted by molar-refractivity contribution is 0.102. The van der Waals surface area contributed by atoms with E-state index >= 15 is 0 Å². The molecule has 0 radical (unpaired) electrons. The number of ether oxygens (including phenoxy) is 3. The minimum atomic E-state index is -0.275. The van der Waals surface area contributed by atoms with Gasteiger partial charge in [-0.3, -0.25) is 14.2 Å². The predicted octanol–water partition coefficient (Wildman–Crippen LogP) is 4.87. The number of methoxy groups -OCH3 is 3. The van der Waals surface area contributed by atoms with Crippen molar-refractivity contribution in [3.05, 3.63) is 82.6 Å². The van der Waals surface area contributed by atoms with Crippen molar-refractivity contribution in [3.8, 4) is 22.9 Å². The molecular weight excluding hydrogens is 478 g/mol. The molecular formula is C27H23N3O5S. The van der Waals surface area contributed by atoms with Gasteiger partial charge in [0.05, 0.1) is 32.8 Å². The third kappa shape index (κ3) is 4.18. The number of nitrogens with one attached hydrogen (secondary N) is 1. The van der Waals surface area contributed by atoms with Crippen molar-refractivity contribution in [1.29, 1.82) is 0 Å². The number of ketones is 1. The highest BCUT2D eigenvalue weighted by Crippen LogP contribution is 2.32. The number of nitrogens with zero attached hydrogens (tertiary/aromatic N) is 2. The van der Waals surface area contributed by atoms with E-state index in [9.17, 15) is 9.59 Å². The molecule has 2 aromatic heterocycles. The molecule has 5 aromatic rings. The smallest absolute Gasteiger partial charge is 0.283 e. The number of Topliss-reactive ketones (excluding diaryl/α,β-unsaturated/α-hetero) is 1. The molecule has 0 atom stereocenters. The van der Waals surface area contributed by atoms with Gasteiger partial charge in [-0.1, -0.05) is 30.0 Å². The lowest BCUT2D eigenvalue weighted by Gasteiger charge is -2.14. The normalized spacial score (nSPS) is 11.1. The molecule has 36 heavy (non-hydrogen) atoms. The monoisotopic (exact) mass is 501 g/mol. The third-order valence-electron chi connectivity index (χ3n) is 5.86. The van der Waals surface area contributed by atoms with Crippen molar-refractivity contribution in [2.24, 2.45) is 0 Å². The van der Waals surface area contributed by atoms with Crippen LogP contribution in [0, 0.1) is 0 Å². The molecule has 0 unspecified atom stereocenters. The lowest BCUT2D eigenvalue weighted by atomic mass is 10.1. The fraction of sp³-hybridized carbons (Fsp3) is 0.148. The first kappa shape index (κ1) is 23.5. The highest BCUT2D eigenvalue weighted by atomic mass is 32.2. The number of hydrogen-bond acceptors (Lipinski definition) is 7. The summed E-state index contributed by atoms with van der Waals surface area (Å²) in [4.78, 5) is 34.7. The highest BCUT2D eigenvalue weighted by molar-refractivity contribution is 7.99. The Labute approximate surface area is 210 Å². The molecule has 0 amide bonds. The van der Waals surface area contributed by atoms with E-state index in [-0.39, 0.29) is 17.1 Å². The summed E-state index contributed by atoms with van der Waals surface area (Å²) in [5, 5.41) is 1.23. The van der Waals surface area contributed by atoms with Gasteiger partial charge in [0.25, 0.3) is 5.56 Å². The lowest BCUT2D eigenvalue weighted by Crippen LogP contribution is -2.22. The van der Waals surface area contributed by atoms with Gasteiger partial charge in [0.15, 0.2) is 22.4 Å². The molecule has 0 aliphatic rings. The predicted molar refractivity (Wildman–Crippen MR) is 140 cm³/mol. The third-order valence-corrected chi connectivity index (χ3v) is 6.80. The van der Waals surface area contributed by atoms with E-state index in [4.69, 9.17) is 19.2 Å². The van der Waals surface area contributed by atoms with E-state index in [1.807, 2.05) is 24.3 Å². The van der Waals surface area contributed by atoms with Gasteiger partial charge in [0.1, 0.15) is 16.8 Å². The van der Waals surface area contributed by atoms with Crippen molar-refractivity contribution in [3.63, 3.8) is 0 Å². The molecule has 2 heterocycles. The number of benzene rings is 3. The summed E-state index contributed by atoms with van der Waals surface area (Å²) in [5.74, 6) is 1.70. The Morgan fingerprint density at radius 1 is 0.944 bits per heavy atom. The Hall–Kier alpha value is -4.24. The second-order valence-corrected chi connectivity index (χ2v) is 8.85. The first-order valence-electron chi connectivity index (χ1n) is 11.1. The molecule has 0 fully saturated rings. The van der Waals surface area contributed by atoms with Crippen LogP contribution < -0.4 is 19.8 Å². The maximum absolute atomic E-state index is 13.8. The van der Waals surface area contributed by atoms with Crippen molar-refractivity contribution in [2.45, 2.75) is 5.16 Å². The summed E-state index contributed by atoms with van der Waals surface area (Å²) in [7, 11) is 4.66. The Kier molecular flexibility index (Phi) is 6.39. The van der Waals surface area contributed by atoms with Crippen molar-refractivity contribution < 1.29 is 19.0 Å². The molecule has 8 nitrogen and oxygen atoms in total. The minimum Gasteiger partial charge on any atom is -0.497 e. The first-order chi connectivity index (χ1) is 17.5. The topological polar surface area (TPSA) is 95.4 Å². The van der Waals surface area contributed by atoms with Crippen LogP contribution >= 0.6 is 11.8 Å². The Morgan fingerprint density at radius 2 is 1.69 bits per heavy atom. The molecule has 0 aliphatic heterocycles. The number of fused-ring (bicyclic) bond motifs is 3. The highest BCUT2D eigenvalue weighted by Gasteiger charge is 2.19. The Bertz CT molecular complexity index is 1640. The second-order valence-electron chi connectivity index (χ2n) is 7.91. The van der Waals surface area contributed by atoms with Crippen LogP contribution in [-0.2, 0) is 0 Å². The molecule has 3 aromatic carbocycles. The zero-order valence-corrected chi connectivity index (χ0v) is 20.7. The van der Waals surface area contributed by atoms with Crippen LogP contribution in [-0.4, -0.2) is 47.4 Å². The van der Waals surface area contributed by atoms with E-state index in [1.165, 1.54) is 23.4 Å². The largest absolute Gasteiger partial charge is 0.497 e. The summed E-state index contributed by atoms with van der Waals surface area (Å²) >= 11 is 1.20. The van der Waals surface area contributed by atoms with Gasteiger partial charge < -0.3 is 19.2 Å². The van der Waals surface area contributed by atoms with Crippen LogP contribution in [0.3, 0.4) is 0 Å². The average Bonchev–Trinajstić information content (AvgIpc) is 3.30. The summed E-state index contributed by atoms with van der Waals surface area (Å²) in [6, 6.07) is 19.7. The maximum atomic E-state index is 13.8. The van der Waals surface area contributed by atoms with Crippen LogP contribution in [0.2, 0.25) is 0 Å². The maximum Gasteiger partial charge on any atom is 0.283 e. The van der Waals surface area contributed by atoms with E-state index in [1.54, 1.807) is 56.7 Å². The molecule has 9 heteroatoms. The number of aromatic amines is 1. The molecule has 0 spiro atoms. The molecule has 0 bridgehead atoms. The van der Waals surface area contributed by atoms with Gasteiger partial charge >= 0.3 is 0 Å². The van der Waals surface area contributed by atoms with E-state index in [0.29, 0.717) is 44.7 Å². The summed E-state index contributed by atoms with van der Waals surface area (Å²) in [6.45, 7) is 0. The Morgan fingerprint density at radius 3 is 2.42 bits per heavy atom. The van der Waals surface area contributed by atoms with Crippen molar-refractivity contribution >= 4 is 39.5 Å². The van der Waals surface area contributed by atoms with Crippen LogP contribution in [0.4, 0.5) is 0 Å². The summed E-state index contributed by atoms with van der Waals surface area (Å²) in [5.41, 5.74) is 2.58. The average molecular weight is 502 g/mol. The van der Waals surface area contributed by atoms with Gasteiger partial charge in [-0.05, 0) is 42.5 Å². The number of carbonyl (C=O) groups excluding carboxylic acids is 1. The van der Waals surface area contributed by atoms with Gasteiger partial charge in [0, 0.05) is 22.5 Å². The molecule has 1 N–H and O–H groups in total. The number of hydrogen-bond donors (Lipinski definition) is 1. The number of thioether (sulfide) groups is 1. The van der Waals surface area contributed by atoms with Gasteiger partial charge in [-0.2, -0.15) is 0 Å². The summed E-state index contributed by atoms with van der Waals surface area (Å²) in [6.07, 6.45) is 0. The van der Waals surface area contributed by atoms with Crippen LogP contribution in [0.5, 0.6) is 17.2 Å². The minimum absolute atomic E-state index is 0.0882.